The molecular formula is C17H25N3O4. The fraction of sp³-hybridized carbons (Fsp3) is 0.529. The Balaban J connectivity index is 2.39. The summed E-state index contributed by atoms with van der Waals surface area (Å²) in [6.07, 6.45) is 0.107. The van der Waals surface area contributed by atoms with Crippen molar-refractivity contribution in [2.75, 3.05) is 32.2 Å². The maximum absolute atomic E-state index is 12.9. The van der Waals surface area contributed by atoms with Gasteiger partial charge in [-0.15, -0.1) is 0 Å². The fourth-order valence-corrected chi connectivity index (χ4v) is 2.99. The summed E-state index contributed by atoms with van der Waals surface area (Å²) >= 11 is 0. The molecular weight excluding hydrogens is 310 g/mol. The third-order valence-corrected chi connectivity index (χ3v) is 3.94. The average Bonchev–Trinajstić information content (AvgIpc) is 2.81. The highest BCUT2D eigenvalue weighted by Crippen LogP contribution is 2.36. The number of carbonyl (C=O) groups is 2. The van der Waals surface area contributed by atoms with Gasteiger partial charge in [0.05, 0.1) is 25.9 Å². The Kier molecular flexibility index (Phi) is 5.54. The van der Waals surface area contributed by atoms with Crippen LogP contribution in [-0.2, 0) is 4.79 Å². The number of ether oxygens (including phenoxy) is 2. The van der Waals surface area contributed by atoms with Crippen molar-refractivity contribution in [2.24, 2.45) is 11.7 Å². The van der Waals surface area contributed by atoms with Crippen LogP contribution in [0.4, 0.5) is 10.5 Å². The largest absolute Gasteiger partial charge is 0.497 e. The van der Waals surface area contributed by atoms with Gasteiger partial charge in [-0.1, -0.05) is 13.8 Å². The van der Waals surface area contributed by atoms with Crippen LogP contribution in [0.25, 0.3) is 0 Å². The summed E-state index contributed by atoms with van der Waals surface area (Å²) in [6, 6.07) is 4.80. The maximum atomic E-state index is 12.9. The van der Waals surface area contributed by atoms with Gasteiger partial charge in [0.1, 0.15) is 11.5 Å². The fourth-order valence-electron chi connectivity index (χ4n) is 2.99. The highest BCUT2D eigenvalue weighted by molar-refractivity contribution is 5.97. The van der Waals surface area contributed by atoms with Crippen LogP contribution in [-0.4, -0.2) is 50.2 Å². The van der Waals surface area contributed by atoms with Crippen molar-refractivity contribution >= 4 is 17.6 Å². The van der Waals surface area contributed by atoms with E-state index in [1.807, 2.05) is 13.8 Å². The molecule has 0 bridgehead atoms. The molecule has 0 aromatic heterocycles. The second kappa shape index (κ2) is 7.42. The number of primary amides is 1. The van der Waals surface area contributed by atoms with E-state index < -0.39 is 5.91 Å². The Bertz CT molecular complexity index is 618. The van der Waals surface area contributed by atoms with Crippen molar-refractivity contribution < 1.29 is 19.1 Å². The SMILES string of the molecule is COc1ccc(N2C(=O)N(CC(C)C)CC2CC(N)=O)c(OC)c1. The molecule has 1 aliphatic rings. The van der Waals surface area contributed by atoms with Crippen LogP contribution < -0.4 is 20.1 Å². The van der Waals surface area contributed by atoms with Crippen LogP contribution >= 0.6 is 0 Å². The summed E-state index contributed by atoms with van der Waals surface area (Å²) in [7, 11) is 3.10. The van der Waals surface area contributed by atoms with Crippen LogP contribution in [0.3, 0.4) is 0 Å². The number of urea groups is 1. The van der Waals surface area contributed by atoms with Gasteiger partial charge in [-0.05, 0) is 18.1 Å². The van der Waals surface area contributed by atoms with Gasteiger partial charge in [-0.2, -0.15) is 0 Å². The summed E-state index contributed by atoms with van der Waals surface area (Å²) < 4.78 is 10.6. The molecule has 1 heterocycles. The standard InChI is InChI=1S/C17H25N3O4/c1-11(2)9-19-10-12(7-16(18)21)20(17(19)22)14-6-5-13(23-3)8-15(14)24-4/h5-6,8,11-12H,7,9-10H2,1-4H3,(H2,18,21). The van der Waals surface area contributed by atoms with Gasteiger partial charge in [0, 0.05) is 25.6 Å². The molecule has 1 aliphatic heterocycles. The van der Waals surface area contributed by atoms with Gasteiger partial charge in [-0.3, -0.25) is 9.69 Å². The van der Waals surface area contributed by atoms with E-state index in [-0.39, 0.29) is 18.5 Å². The molecule has 7 nitrogen and oxygen atoms in total. The van der Waals surface area contributed by atoms with E-state index in [4.69, 9.17) is 15.2 Å². The number of hydrogen-bond acceptors (Lipinski definition) is 4. The number of anilines is 1. The predicted molar refractivity (Wildman–Crippen MR) is 91.4 cm³/mol. The molecule has 0 spiro atoms. The van der Waals surface area contributed by atoms with E-state index in [0.29, 0.717) is 36.2 Å². The van der Waals surface area contributed by atoms with Crippen molar-refractivity contribution in [1.29, 1.82) is 0 Å². The Morgan fingerprint density at radius 1 is 1.33 bits per heavy atom. The summed E-state index contributed by atoms with van der Waals surface area (Å²) in [6.45, 7) is 5.19. The minimum atomic E-state index is -0.434. The van der Waals surface area contributed by atoms with Gasteiger partial charge in [0.25, 0.3) is 0 Å². The van der Waals surface area contributed by atoms with E-state index in [1.54, 1.807) is 35.1 Å². The van der Waals surface area contributed by atoms with Crippen molar-refractivity contribution in [3.63, 3.8) is 0 Å². The van der Waals surface area contributed by atoms with Crippen molar-refractivity contribution in [3.05, 3.63) is 18.2 Å². The van der Waals surface area contributed by atoms with E-state index in [2.05, 4.69) is 0 Å². The van der Waals surface area contributed by atoms with Gasteiger partial charge >= 0.3 is 6.03 Å². The zero-order valence-corrected chi connectivity index (χ0v) is 14.6. The molecule has 3 amide bonds. The number of carbonyl (C=O) groups excluding carboxylic acids is 2. The maximum Gasteiger partial charge on any atom is 0.325 e. The van der Waals surface area contributed by atoms with E-state index in [1.165, 1.54) is 7.11 Å². The molecule has 7 heteroatoms. The summed E-state index contributed by atoms with van der Waals surface area (Å²) in [5, 5.41) is 0. The van der Waals surface area contributed by atoms with E-state index >= 15 is 0 Å². The van der Waals surface area contributed by atoms with E-state index in [0.717, 1.165) is 0 Å². The molecule has 24 heavy (non-hydrogen) atoms. The minimum absolute atomic E-state index is 0.107. The normalized spacial score (nSPS) is 17.5. The number of amides is 3. The number of benzene rings is 1. The Morgan fingerprint density at radius 2 is 2.04 bits per heavy atom. The Labute approximate surface area is 142 Å². The molecule has 0 radical (unpaired) electrons. The highest BCUT2D eigenvalue weighted by atomic mass is 16.5. The quantitative estimate of drug-likeness (QED) is 0.824. The molecule has 1 aromatic carbocycles. The van der Waals surface area contributed by atoms with Gasteiger partial charge in [0.15, 0.2) is 0 Å². The molecule has 2 N–H and O–H groups in total. The van der Waals surface area contributed by atoms with Crippen LogP contribution in [0.15, 0.2) is 18.2 Å². The monoisotopic (exact) mass is 335 g/mol. The first-order valence-electron chi connectivity index (χ1n) is 7.95. The van der Waals surface area contributed by atoms with Crippen LogP contribution in [0.5, 0.6) is 11.5 Å². The van der Waals surface area contributed by atoms with Crippen molar-refractivity contribution in [1.82, 2.24) is 4.90 Å². The van der Waals surface area contributed by atoms with Crippen molar-refractivity contribution in [3.8, 4) is 11.5 Å². The molecule has 1 fully saturated rings. The lowest BCUT2D eigenvalue weighted by molar-refractivity contribution is -0.118. The molecule has 0 aliphatic carbocycles. The summed E-state index contributed by atoms with van der Waals surface area (Å²) in [5.74, 6) is 1.05. The molecule has 1 atom stereocenters. The zero-order valence-electron chi connectivity index (χ0n) is 14.6. The Morgan fingerprint density at radius 3 is 2.58 bits per heavy atom. The number of methoxy groups -OCH3 is 2. The molecule has 1 saturated heterocycles. The third-order valence-electron chi connectivity index (χ3n) is 3.94. The van der Waals surface area contributed by atoms with Crippen LogP contribution in [0.2, 0.25) is 0 Å². The van der Waals surface area contributed by atoms with Crippen LogP contribution in [0, 0.1) is 5.92 Å². The average molecular weight is 335 g/mol. The van der Waals surface area contributed by atoms with E-state index in [9.17, 15) is 9.59 Å². The van der Waals surface area contributed by atoms with Gasteiger partial charge < -0.3 is 20.1 Å². The molecule has 1 unspecified atom stereocenters. The smallest absolute Gasteiger partial charge is 0.325 e. The molecule has 0 saturated carbocycles. The molecule has 1 aromatic rings. The summed E-state index contributed by atoms with van der Waals surface area (Å²) in [4.78, 5) is 27.7. The second-order valence-electron chi connectivity index (χ2n) is 6.31. The third kappa shape index (κ3) is 3.72. The minimum Gasteiger partial charge on any atom is -0.497 e. The lowest BCUT2D eigenvalue weighted by atomic mass is 10.1. The predicted octanol–water partition coefficient (Wildman–Crippen LogP) is 1.85. The first kappa shape index (κ1) is 17.9. The number of nitrogens with zero attached hydrogens (tertiary/aromatic N) is 2. The first-order chi connectivity index (χ1) is 11.4. The Hall–Kier alpha value is -2.44. The highest BCUT2D eigenvalue weighted by Gasteiger charge is 2.40. The second-order valence-corrected chi connectivity index (χ2v) is 6.31. The van der Waals surface area contributed by atoms with Gasteiger partial charge in [-0.25, -0.2) is 4.79 Å². The lowest BCUT2D eigenvalue weighted by Crippen LogP contribution is -2.37. The topological polar surface area (TPSA) is 85.1 Å². The number of rotatable bonds is 7. The summed E-state index contributed by atoms with van der Waals surface area (Å²) in [5.41, 5.74) is 5.99. The lowest BCUT2D eigenvalue weighted by Gasteiger charge is -2.25. The zero-order chi connectivity index (χ0) is 17.9. The van der Waals surface area contributed by atoms with Gasteiger partial charge in [0.2, 0.25) is 5.91 Å². The van der Waals surface area contributed by atoms with Crippen molar-refractivity contribution in [2.45, 2.75) is 26.3 Å². The number of nitrogens with two attached hydrogens (primary N) is 1. The van der Waals surface area contributed by atoms with Crippen LogP contribution in [0.1, 0.15) is 20.3 Å². The number of hydrogen-bond donors (Lipinski definition) is 1. The molecule has 132 valence electrons. The molecule has 2 rings (SSSR count). The first-order valence-corrected chi connectivity index (χ1v) is 7.95.